The molecule has 0 radical (unpaired) electrons. The number of hydrogen-bond donors (Lipinski definition) is 0. The summed E-state index contributed by atoms with van der Waals surface area (Å²) in [7, 11) is 0. The highest BCUT2D eigenvalue weighted by molar-refractivity contribution is 5.89. The number of rotatable bonds is 4. The van der Waals surface area contributed by atoms with Crippen LogP contribution in [0, 0.1) is 34.5 Å². The standard InChI is InChI=1S/C33H40O4/c1-32-19-17-25(36-30(34)22-9-5-3-6-10-22)21-24(32)13-14-26-27-15-16-29(33(27,2)20-18-28(26)32)37-31(35)23-11-7-4-8-12-23/h3-12,24-29H,13-21H2,1-2H3. The van der Waals surface area contributed by atoms with E-state index in [1.54, 1.807) is 0 Å². The van der Waals surface area contributed by atoms with Crippen molar-refractivity contribution in [3.8, 4) is 0 Å². The van der Waals surface area contributed by atoms with Gasteiger partial charge in [-0.2, -0.15) is 0 Å². The van der Waals surface area contributed by atoms with Crippen molar-refractivity contribution in [3.63, 3.8) is 0 Å². The molecule has 4 aliphatic rings. The maximum atomic E-state index is 12.9. The van der Waals surface area contributed by atoms with Gasteiger partial charge in [0.05, 0.1) is 11.1 Å². The molecule has 0 aromatic heterocycles. The van der Waals surface area contributed by atoms with Crippen LogP contribution in [0.5, 0.6) is 0 Å². The van der Waals surface area contributed by atoms with Crippen molar-refractivity contribution in [3.05, 3.63) is 71.8 Å². The van der Waals surface area contributed by atoms with E-state index in [-0.39, 0.29) is 29.6 Å². The first-order valence-corrected chi connectivity index (χ1v) is 14.4. The highest BCUT2D eigenvalue weighted by Crippen LogP contribution is 2.66. The van der Waals surface area contributed by atoms with Crippen LogP contribution in [0.15, 0.2) is 60.7 Å². The largest absolute Gasteiger partial charge is 0.459 e. The molecule has 0 aliphatic heterocycles. The molecule has 0 saturated heterocycles. The summed E-state index contributed by atoms with van der Waals surface area (Å²) in [5.41, 5.74) is 1.70. The van der Waals surface area contributed by atoms with Crippen molar-refractivity contribution in [1.82, 2.24) is 0 Å². The highest BCUT2D eigenvalue weighted by atomic mass is 16.5. The van der Waals surface area contributed by atoms with Crippen molar-refractivity contribution < 1.29 is 19.1 Å². The van der Waals surface area contributed by atoms with Crippen LogP contribution in [0.4, 0.5) is 0 Å². The van der Waals surface area contributed by atoms with Crippen molar-refractivity contribution in [1.29, 1.82) is 0 Å². The van der Waals surface area contributed by atoms with Crippen LogP contribution in [-0.4, -0.2) is 24.1 Å². The van der Waals surface area contributed by atoms with E-state index in [1.807, 2.05) is 60.7 Å². The topological polar surface area (TPSA) is 52.6 Å². The minimum Gasteiger partial charge on any atom is -0.459 e. The number of benzene rings is 2. The van der Waals surface area contributed by atoms with Gasteiger partial charge >= 0.3 is 11.9 Å². The van der Waals surface area contributed by atoms with Gasteiger partial charge in [0.1, 0.15) is 12.2 Å². The Bertz CT molecular complexity index is 1130. The molecule has 4 aliphatic carbocycles. The predicted octanol–water partition coefficient (Wildman–Crippen LogP) is 7.48. The Hall–Kier alpha value is -2.62. The molecule has 0 amide bonds. The molecule has 4 fully saturated rings. The van der Waals surface area contributed by atoms with E-state index in [2.05, 4.69) is 13.8 Å². The molecule has 8 unspecified atom stereocenters. The fraction of sp³-hybridized carbons (Fsp3) is 0.576. The van der Waals surface area contributed by atoms with Crippen LogP contribution in [0.2, 0.25) is 0 Å². The van der Waals surface area contributed by atoms with Crippen LogP contribution in [0.3, 0.4) is 0 Å². The SMILES string of the molecule is CC12CCC(OC(=O)c3ccccc3)CC1CCC1C2CCC2(C)C(OC(=O)c3ccccc3)CCC12. The number of carbonyl (C=O) groups excluding carboxylic acids is 2. The van der Waals surface area contributed by atoms with E-state index in [1.165, 1.54) is 25.7 Å². The molecule has 4 heteroatoms. The van der Waals surface area contributed by atoms with E-state index in [4.69, 9.17) is 9.47 Å². The molecular formula is C33H40O4. The van der Waals surface area contributed by atoms with Crippen molar-refractivity contribution in [2.45, 2.75) is 83.8 Å². The zero-order valence-corrected chi connectivity index (χ0v) is 22.2. The summed E-state index contributed by atoms with van der Waals surface area (Å²) in [5.74, 6) is 2.33. The average Bonchev–Trinajstić information content (AvgIpc) is 3.25. The van der Waals surface area contributed by atoms with Crippen molar-refractivity contribution in [2.75, 3.05) is 0 Å². The summed E-state index contributed by atoms with van der Waals surface area (Å²) in [6.45, 7) is 4.94. The van der Waals surface area contributed by atoms with Crippen LogP contribution in [-0.2, 0) is 9.47 Å². The fourth-order valence-corrected chi connectivity index (χ4v) is 9.04. The van der Waals surface area contributed by atoms with Gasteiger partial charge < -0.3 is 9.47 Å². The third-order valence-corrected chi connectivity index (χ3v) is 11.1. The summed E-state index contributed by atoms with van der Waals surface area (Å²) in [6.07, 6.45) is 10.1. The number of fused-ring (bicyclic) bond motifs is 5. The molecule has 8 atom stereocenters. The Morgan fingerprint density at radius 1 is 0.676 bits per heavy atom. The third-order valence-electron chi connectivity index (χ3n) is 11.1. The minimum atomic E-state index is -0.182. The Labute approximate surface area is 221 Å². The smallest absolute Gasteiger partial charge is 0.338 e. The number of hydrogen-bond acceptors (Lipinski definition) is 4. The molecule has 37 heavy (non-hydrogen) atoms. The van der Waals surface area contributed by atoms with E-state index in [0.29, 0.717) is 34.3 Å². The zero-order valence-electron chi connectivity index (χ0n) is 22.2. The summed E-state index contributed by atoms with van der Waals surface area (Å²) in [5, 5.41) is 0. The van der Waals surface area contributed by atoms with Gasteiger partial charge in [0.2, 0.25) is 0 Å². The lowest BCUT2D eigenvalue weighted by Gasteiger charge is -2.60. The molecule has 4 nitrogen and oxygen atoms in total. The number of ether oxygens (including phenoxy) is 2. The van der Waals surface area contributed by atoms with Crippen molar-refractivity contribution in [2.24, 2.45) is 34.5 Å². The highest BCUT2D eigenvalue weighted by Gasteiger charge is 2.61. The van der Waals surface area contributed by atoms with Crippen LogP contribution in [0.25, 0.3) is 0 Å². The Morgan fingerprint density at radius 3 is 1.95 bits per heavy atom. The summed E-state index contributed by atoms with van der Waals surface area (Å²) in [4.78, 5) is 25.6. The maximum Gasteiger partial charge on any atom is 0.338 e. The molecule has 4 saturated carbocycles. The third kappa shape index (κ3) is 4.30. The zero-order chi connectivity index (χ0) is 25.6. The van der Waals surface area contributed by atoms with E-state index in [0.717, 1.165) is 38.0 Å². The normalized spacial score (nSPS) is 38.5. The molecule has 196 valence electrons. The summed E-state index contributed by atoms with van der Waals surface area (Å²) in [6, 6.07) is 18.8. The van der Waals surface area contributed by atoms with Gasteiger partial charge in [-0.25, -0.2) is 9.59 Å². The van der Waals surface area contributed by atoms with E-state index in [9.17, 15) is 9.59 Å². The maximum absolute atomic E-state index is 12.9. The molecule has 2 aromatic carbocycles. The molecule has 0 spiro atoms. The second kappa shape index (κ2) is 9.60. The number of carbonyl (C=O) groups is 2. The van der Waals surface area contributed by atoms with Crippen LogP contribution < -0.4 is 0 Å². The van der Waals surface area contributed by atoms with E-state index >= 15 is 0 Å². The lowest BCUT2D eigenvalue weighted by atomic mass is 9.45. The van der Waals surface area contributed by atoms with Gasteiger partial charge in [-0.1, -0.05) is 50.2 Å². The van der Waals surface area contributed by atoms with Crippen LogP contribution in [0.1, 0.15) is 92.4 Å². The average molecular weight is 501 g/mol. The minimum absolute atomic E-state index is 0.0184. The lowest BCUT2D eigenvalue weighted by Crippen LogP contribution is -2.55. The lowest BCUT2D eigenvalue weighted by molar-refractivity contribution is -0.135. The van der Waals surface area contributed by atoms with Crippen LogP contribution >= 0.6 is 0 Å². The monoisotopic (exact) mass is 500 g/mol. The fourth-order valence-electron chi connectivity index (χ4n) is 9.04. The first-order valence-electron chi connectivity index (χ1n) is 14.4. The first-order chi connectivity index (χ1) is 17.9. The quantitative estimate of drug-likeness (QED) is 0.408. The van der Waals surface area contributed by atoms with Gasteiger partial charge in [-0.15, -0.1) is 0 Å². The Kier molecular flexibility index (Phi) is 6.41. The summed E-state index contributed by atoms with van der Waals surface area (Å²) < 4.78 is 12.2. The van der Waals surface area contributed by atoms with E-state index < -0.39 is 0 Å². The molecule has 2 aromatic rings. The second-order valence-corrected chi connectivity index (χ2v) is 12.7. The molecular weight excluding hydrogens is 460 g/mol. The second-order valence-electron chi connectivity index (χ2n) is 12.7. The van der Waals surface area contributed by atoms with Gasteiger partial charge in [0.25, 0.3) is 0 Å². The molecule has 0 N–H and O–H groups in total. The van der Waals surface area contributed by atoms with Gasteiger partial charge in [-0.3, -0.25) is 0 Å². The Morgan fingerprint density at radius 2 is 1.27 bits per heavy atom. The first kappa shape index (κ1) is 24.7. The summed E-state index contributed by atoms with van der Waals surface area (Å²) >= 11 is 0. The van der Waals surface area contributed by atoms with Gasteiger partial charge in [-0.05, 0) is 111 Å². The number of esters is 2. The van der Waals surface area contributed by atoms with Gasteiger partial charge in [0, 0.05) is 5.41 Å². The Balaban J connectivity index is 1.12. The van der Waals surface area contributed by atoms with Crippen molar-refractivity contribution >= 4 is 11.9 Å². The molecule has 6 rings (SSSR count). The molecule has 0 heterocycles. The predicted molar refractivity (Wildman–Crippen MR) is 143 cm³/mol. The van der Waals surface area contributed by atoms with Gasteiger partial charge in [0.15, 0.2) is 0 Å². The molecule has 0 bridgehead atoms.